The van der Waals surface area contributed by atoms with E-state index in [4.69, 9.17) is 0 Å². The molecule has 1 N–H and O–H groups in total. The number of aliphatic hydroxyl groups excluding tert-OH is 1. The fraction of sp³-hybridized carbons (Fsp3) is 0.429. The fourth-order valence-electron chi connectivity index (χ4n) is 2.37. The van der Waals surface area contributed by atoms with Crippen molar-refractivity contribution in [2.24, 2.45) is 0 Å². The minimum absolute atomic E-state index is 0.171. The van der Waals surface area contributed by atoms with Crippen molar-refractivity contribution in [3.05, 3.63) is 35.9 Å². The Morgan fingerprint density at radius 3 is 2.56 bits per heavy atom. The van der Waals surface area contributed by atoms with Gasteiger partial charge in [-0.1, -0.05) is 37.3 Å². The smallest absolute Gasteiger partial charge is 0.237 e. The second kappa shape index (κ2) is 5.31. The lowest BCUT2D eigenvalue weighted by atomic mass is 9.98. The van der Waals surface area contributed by atoms with Crippen molar-refractivity contribution < 1.29 is 14.7 Å². The summed E-state index contributed by atoms with van der Waals surface area (Å²) in [7, 11) is 0. The van der Waals surface area contributed by atoms with Gasteiger partial charge in [0.2, 0.25) is 11.8 Å². The predicted molar refractivity (Wildman–Crippen MR) is 66.8 cm³/mol. The largest absolute Gasteiger partial charge is 0.394 e. The number of carbonyl (C=O) groups excluding carboxylic acids is 2. The second-order valence-corrected chi connectivity index (χ2v) is 4.51. The fourth-order valence-corrected chi connectivity index (χ4v) is 2.37. The number of imide groups is 1. The number of rotatable bonds is 4. The van der Waals surface area contributed by atoms with E-state index in [1.165, 1.54) is 4.90 Å². The standard InChI is InChI=1S/C14H17NO3/c1-2-11(9-16)15-13(17)8-12(14(15)18)10-6-4-3-5-7-10/h3-7,11-12,16H,2,8-9H2,1H3. The van der Waals surface area contributed by atoms with E-state index in [1.54, 1.807) is 0 Å². The van der Waals surface area contributed by atoms with E-state index in [1.807, 2.05) is 37.3 Å². The molecule has 1 aliphatic rings. The van der Waals surface area contributed by atoms with Crippen molar-refractivity contribution in [3.8, 4) is 0 Å². The third-order valence-electron chi connectivity index (χ3n) is 3.43. The Labute approximate surface area is 106 Å². The first-order chi connectivity index (χ1) is 8.69. The van der Waals surface area contributed by atoms with E-state index in [-0.39, 0.29) is 30.8 Å². The molecular weight excluding hydrogens is 230 g/mol. The van der Waals surface area contributed by atoms with E-state index >= 15 is 0 Å². The van der Waals surface area contributed by atoms with Crippen molar-refractivity contribution in [1.82, 2.24) is 4.90 Å². The lowest BCUT2D eigenvalue weighted by Crippen LogP contribution is -2.41. The minimum atomic E-state index is -0.390. The Morgan fingerprint density at radius 1 is 1.33 bits per heavy atom. The quantitative estimate of drug-likeness (QED) is 0.816. The van der Waals surface area contributed by atoms with Crippen LogP contribution in [0.15, 0.2) is 30.3 Å². The van der Waals surface area contributed by atoms with Crippen LogP contribution in [0, 0.1) is 0 Å². The third kappa shape index (κ3) is 2.16. The summed E-state index contributed by atoms with van der Waals surface area (Å²) in [6.45, 7) is 1.69. The van der Waals surface area contributed by atoms with Crippen LogP contribution < -0.4 is 0 Å². The first kappa shape index (κ1) is 12.8. The van der Waals surface area contributed by atoms with Gasteiger partial charge in [0.15, 0.2) is 0 Å². The minimum Gasteiger partial charge on any atom is -0.394 e. The zero-order valence-corrected chi connectivity index (χ0v) is 10.4. The summed E-state index contributed by atoms with van der Waals surface area (Å²) >= 11 is 0. The van der Waals surface area contributed by atoms with Crippen LogP contribution >= 0.6 is 0 Å². The number of carbonyl (C=O) groups is 2. The van der Waals surface area contributed by atoms with Crippen molar-refractivity contribution >= 4 is 11.8 Å². The highest BCUT2D eigenvalue weighted by atomic mass is 16.3. The van der Waals surface area contributed by atoms with Gasteiger partial charge >= 0.3 is 0 Å². The van der Waals surface area contributed by atoms with Crippen molar-refractivity contribution in [2.45, 2.75) is 31.7 Å². The molecule has 0 spiro atoms. The Morgan fingerprint density at radius 2 is 2.00 bits per heavy atom. The molecule has 1 aliphatic heterocycles. The van der Waals surface area contributed by atoms with Gasteiger partial charge in [0.05, 0.1) is 18.6 Å². The average Bonchev–Trinajstić information content (AvgIpc) is 2.69. The highest BCUT2D eigenvalue weighted by Crippen LogP contribution is 2.31. The number of hydrogen-bond acceptors (Lipinski definition) is 3. The molecule has 1 saturated heterocycles. The normalized spacial score (nSPS) is 21.4. The molecule has 1 heterocycles. The Bertz CT molecular complexity index is 440. The predicted octanol–water partition coefficient (Wildman–Crippen LogP) is 1.30. The third-order valence-corrected chi connectivity index (χ3v) is 3.43. The first-order valence-electron chi connectivity index (χ1n) is 6.20. The van der Waals surface area contributed by atoms with Gasteiger partial charge in [0, 0.05) is 6.42 Å². The Kier molecular flexibility index (Phi) is 3.77. The van der Waals surface area contributed by atoms with Gasteiger partial charge in [0.1, 0.15) is 0 Å². The zero-order chi connectivity index (χ0) is 13.1. The molecule has 0 saturated carbocycles. The summed E-state index contributed by atoms with van der Waals surface area (Å²) in [5.74, 6) is -0.763. The van der Waals surface area contributed by atoms with E-state index in [0.717, 1.165) is 5.56 Å². The lowest BCUT2D eigenvalue weighted by Gasteiger charge is -2.23. The van der Waals surface area contributed by atoms with E-state index in [0.29, 0.717) is 6.42 Å². The molecule has 1 aromatic rings. The van der Waals surface area contributed by atoms with Gasteiger partial charge in [0.25, 0.3) is 0 Å². The van der Waals surface area contributed by atoms with Crippen LogP contribution in [0.25, 0.3) is 0 Å². The zero-order valence-electron chi connectivity index (χ0n) is 10.4. The molecule has 1 fully saturated rings. The topological polar surface area (TPSA) is 57.6 Å². The highest BCUT2D eigenvalue weighted by Gasteiger charge is 2.42. The Hall–Kier alpha value is -1.68. The Balaban J connectivity index is 2.24. The van der Waals surface area contributed by atoms with E-state index in [2.05, 4.69) is 0 Å². The molecule has 0 aliphatic carbocycles. The van der Waals surface area contributed by atoms with E-state index in [9.17, 15) is 14.7 Å². The van der Waals surface area contributed by atoms with Crippen LogP contribution in [0.5, 0.6) is 0 Å². The molecule has 0 radical (unpaired) electrons. The van der Waals surface area contributed by atoms with Gasteiger partial charge in [-0.3, -0.25) is 14.5 Å². The van der Waals surface area contributed by atoms with Gasteiger partial charge < -0.3 is 5.11 Å². The number of likely N-dealkylation sites (tertiary alicyclic amines) is 1. The van der Waals surface area contributed by atoms with Crippen LogP contribution in [0.3, 0.4) is 0 Å². The van der Waals surface area contributed by atoms with Gasteiger partial charge in [-0.15, -0.1) is 0 Å². The summed E-state index contributed by atoms with van der Waals surface area (Å²) in [4.78, 5) is 25.4. The summed E-state index contributed by atoms with van der Waals surface area (Å²) in [5.41, 5.74) is 0.867. The molecular formula is C14H17NO3. The van der Waals surface area contributed by atoms with Crippen molar-refractivity contribution in [2.75, 3.05) is 6.61 Å². The van der Waals surface area contributed by atoms with Crippen LogP contribution in [0.4, 0.5) is 0 Å². The summed E-state index contributed by atoms with van der Waals surface area (Å²) < 4.78 is 0. The number of benzene rings is 1. The number of hydrogen-bond donors (Lipinski definition) is 1. The highest BCUT2D eigenvalue weighted by molar-refractivity contribution is 6.06. The molecule has 2 rings (SSSR count). The summed E-state index contributed by atoms with van der Waals surface area (Å²) in [6, 6.07) is 8.93. The number of nitrogens with zero attached hydrogens (tertiary/aromatic N) is 1. The monoisotopic (exact) mass is 247 g/mol. The summed E-state index contributed by atoms with van der Waals surface area (Å²) in [6.07, 6.45) is 0.787. The lowest BCUT2D eigenvalue weighted by molar-refractivity contribution is -0.142. The van der Waals surface area contributed by atoms with E-state index < -0.39 is 6.04 Å². The molecule has 18 heavy (non-hydrogen) atoms. The maximum Gasteiger partial charge on any atom is 0.237 e. The maximum atomic E-state index is 12.3. The van der Waals surface area contributed by atoms with Crippen LogP contribution in [0.2, 0.25) is 0 Å². The SMILES string of the molecule is CCC(CO)N1C(=O)CC(c2ccccc2)C1=O. The number of amides is 2. The molecule has 4 heteroatoms. The molecule has 1 aromatic carbocycles. The first-order valence-corrected chi connectivity index (χ1v) is 6.20. The van der Waals surface area contributed by atoms with Crippen LogP contribution in [0.1, 0.15) is 31.2 Å². The molecule has 0 aromatic heterocycles. The molecule has 2 atom stereocenters. The van der Waals surface area contributed by atoms with Gasteiger partial charge in [-0.25, -0.2) is 0 Å². The van der Waals surface area contributed by atoms with Crippen LogP contribution in [-0.2, 0) is 9.59 Å². The number of aliphatic hydroxyl groups is 1. The molecule has 96 valence electrons. The van der Waals surface area contributed by atoms with Crippen LogP contribution in [-0.4, -0.2) is 34.5 Å². The second-order valence-electron chi connectivity index (χ2n) is 4.51. The average molecular weight is 247 g/mol. The van der Waals surface area contributed by atoms with Crippen molar-refractivity contribution in [1.29, 1.82) is 0 Å². The molecule has 4 nitrogen and oxygen atoms in total. The van der Waals surface area contributed by atoms with Gasteiger partial charge in [-0.05, 0) is 12.0 Å². The molecule has 2 unspecified atom stereocenters. The molecule has 0 bridgehead atoms. The van der Waals surface area contributed by atoms with Gasteiger partial charge in [-0.2, -0.15) is 0 Å². The van der Waals surface area contributed by atoms with Crippen molar-refractivity contribution in [3.63, 3.8) is 0 Å². The summed E-state index contributed by atoms with van der Waals surface area (Å²) in [5, 5.41) is 9.23. The molecule has 2 amide bonds. The maximum absolute atomic E-state index is 12.3.